The van der Waals surface area contributed by atoms with E-state index >= 15 is 0 Å². The van der Waals surface area contributed by atoms with Gasteiger partial charge in [0.15, 0.2) is 11.6 Å². The van der Waals surface area contributed by atoms with Gasteiger partial charge in [0.1, 0.15) is 0 Å². The number of nitrogens with one attached hydrogen (secondary N) is 1. The minimum Gasteiger partial charge on any atom is -0.504 e. The van der Waals surface area contributed by atoms with Crippen molar-refractivity contribution in [1.82, 2.24) is 9.97 Å². The number of carbonyl (C=O) groups excluding carboxylic acids is 1. The van der Waals surface area contributed by atoms with E-state index in [4.69, 9.17) is 0 Å². The van der Waals surface area contributed by atoms with E-state index in [0.29, 0.717) is 11.3 Å². The molecular formula is C13H13N3O2. The number of carbonyl (C=O) groups is 1. The molecule has 5 heteroatoms. The topological polar surface area (TPSA) is 75.1 Å². The van der Waals surface area contributed by atoms with E-state index in [1.165, 1.54) is 12.3 Å². The van der Waals surface area contributed by atoms with Crippen LogP contribution in [0.5, 0.6) is 5.75 Å². The van der Waals surface area contributed by atoms with E-state index in [0.717, 1.165) is 5.69 Å². The van der Waals surface area contributed by atoms with Crippen LogP contribution in [0.25, 0.3) is 0 Å². The molecule has 0 bridgehead atoms. The molecule has 0 unspecified atom stereocenters. The summed E-state index contributed by atoms with van der Waals surface area (Å²) in [6, 6.07) is 6.51. The van der Waals surface area contributed by atoms with Crippen LogP contribution < -0.4 is 5.32 Å². The Bertz CT molecular complexity index is 597. The Balaban J connectivity index is 2.25. The highest BCUT2D eigenvalue weighted by atomic mass is 16.3. The number of aromatic hydroxyl groups is 1. The number of nitrogens with zero attached hydrogens (tertiary/aromatic N) is 2. The van der Waals surface area contributed by atoms with Crippen LogP contribution in [0, 0.1) is 13.8 Å². The monoisotopic (exact) mass is 243 g/mol. The number of pyridine rings is 2. The van der Waals surface area contributed by atoms with Crippen LogP contribution in [0.4, 0.5) is 5.82 Å². The number of amides is 1. The van der Waals surface area contributed by atoms with Gasteiger partial charge in [-0.25, -0.2) is 4.98 Å². The first kappa shape index (κ1) is 12.0. The minimum absolute atomic E-state index is 0.0661. The smallest absolute Gasteiger partial charge is 0.258 e. The number of hydrogen-bond acceptors (Lipinski definition) is 4. The van der Waals surface area contributed by atoms with E-state index in [1.807, 2.05) is 6.92 Å². The Morgan fingerprint density at radius 2 is 2.06 bits per heavy atom. The van der Waals surface area contributed by atoms with Gasteiger partial charge in [-0.2, -0.15) is 0 Å². The van der Waals surface area contributed by atoms with Crippen molar-refractivity contribution in [2.24, 2.45) is 0 Å². The van der Waals surface area contributed by atoms with Crippen molar-refractivity contribution in [1.29, 1.82) is 0 Å². The lowest BCUT2D eigenvalue weighted by molar-refractivity contribution is 0.102. The highest BCUT2D eigenvalue weighted by Crippen LogP contribution is 2.19. The zero-order chi connectivity index (χ0) is 13.1. The van der Waals surface area contributed by atoms with Gasteiger partial charge in [0.05, 0.1) is 11.3 Å². The summed E-state index contributed by atoms with van der Waals surface area (Å²) in [5.74, 6) is -0.264. The predicted octanol–water partition coefficient (Wildman–Crippen LogP) is 2.05. The normalized spacial score (nSPS) is 10.1. The predicted molar refractivity (Wildman–Crippen MR) is 67.6 cm³/mol. The summed E-state index contributed by atoms with van der Waals surface area (Å²) in [5.41, 5.74) is 1.96. The van der Waals surface area contributed by atoms with Gasteiger partial charge in [0.2, 0.25) is 0 Å². The van der Waals surface area contributed by atoms with Crippen molar-refractivity contribution in [2.45, 2.75) is 13.8 Å². The largest absolute Gasteiger partial charge is 0.504 e. The van der Waals surface area contributed by atoms with Gasteiger partial charge in [0.25, 0.3) is 5.91 Å². The van der Waals surface area contributed by atoms with Gasteiger partial charge in [-0.05, 0) is 38.1 Å². The van der Waals surface area contributed by atoms with Crippen LogP contribution in [-0.2, 0) is 0 Å². The highest BCUT2D eigenvalue weighted by Gasteiger charge is 2.12. The molecule has 1 amide bonds. The van der Waals surface area contributed by atoms with Gasteiger partial charge in [0, 0.05) is 11.9 Å². The van der Waals surface area contributed by atoms with Crippen LogP contribution >= 0.6 is 0 Å². The Kier molecular flexibility index (Phi) is 3.23. The molecule has 5 nitrogen and oxygen atoms in total. The van der Waals surface area contributed by atoms with E-state index < -0.39 is 0 Å². The molecule has 0 aromatic carbocycles. The molecule has 0 spiro atoms. The lowest BCUT2D eigenvalue weighted by Crippen LogP contribution is -2.15. The van der Waals surface area contributed by atoms with Crippen LogP contribution in [0.15, 0.2) is 30.5 Å². The van der Waals surface area contributed by atoms with Crippen molar-refractivity contribution < 1.29 is 9.90 Å². The number of rotatable bonds is 2. The van der Waals surface area contributed by atoms with Gasteiger partial charge < -0.3 is 10.4 Å². The van der Waals surface area contributed by atoms with Crippen molar-refractivity contribution in [3.05, 3.63) is 47.4 Å². The van der Waals surface area contributed by atoms with Gasteiger partial charge in [-0.1, -0.05) is 0 Å². The molecule has 2 rings (SSSR count). The molecule has 0 aliphatic heterocycles. The molecule has 92 valence electrons. The summed E-state index contributed by atoms with van der Waals surface area (Å²) in [4.78, 5) is 20.1. The molecule has 2 aromatic rings. The summed E-state index contributed by atoms with van der Waals surface area (Å²) in [6.45, 7) is 3.62. The third-order valence-corrected chi connectivity index (χ3v) is 2.49. The van der Waals surface area contributed by atoms with Gasteiger partial charge >= 0.3 is 0 Å². The summed E-state index contributed by atoms with van der Waals surface area (Å²) in [5, 5.41) is 12.1. The quantitative estimate of drug-likeness (QED) is 0.846. The Hall–Kier alpha value is -2.43. The molecule has 0 saturated carbocycles. The highest BCUT2D eigenvalue weighted by molar-refractivity contribution is 6.05. The fraction of sp³-hybridized carbons (Fsp3) is 0.154. The second-order valence-electron chi connectivity index (χ2n) is 3.91. The van der Waals surface area contributed by atoms with Crippen LogP contribution in [0.2, 0.25) is 0 Å². The first-order valence-electron chi connectivity index (χ1n) is 5.47. The lowest BCUT2D eigenvalue weighted by atomic mass is 10.1. The fourth-order valence-electron chi connectivity index (χ4n) is 1.59. The van der Waals surface area contributed by atoms with E-state index in [2.05, 4.69) is 15.3 Å². The molecule has 18 heavy (non-hydrogen) atoms. The lowest BCUT2D eigenvalue weighted by Gasteiger charge is -2.08. The number of anilines is 1. The van der Waals surface area contributed by atoms with Crippen molar-refractivity contribution in [3.63, 3.8) is 0 Å². The number of aromatic nitrogens is 2. The second kappa shape index (κ2) is 4.83. The average molecular weight is 243 g/mol. The molecule has 2 N–H and O–H groups in total. The van der Waals surface area contributed by atoms with Crippen LogP contribution in [0.3, 0.4) is 0 Å². The molecule has 0 aliphatic rings. The molecule has 0 saturated heterocycles. The first-order valence-corrected chi connectivity index (χ1v) is 5.47. The summed E-state index contributed by atoms with van der Waals surface area (Å²) in [7, 11) is 0. The Morgan fingerprint density at radius 3 is 2.72 bits per heavy atom. The van der Waals surface area contributed by atoms with E-state index in [9.17, 15) is 9.90 Å². The summed E-state index contributed by atoms with van der Waals surface area (Å²) in [6.07, 6.45) is 1.50. The Morgan fingerprint density at radius 1 is 1.28 bits per heavy atom. The maximum atomic E-state index is 12.0. The molecule has 2 heterocycles. The molecule has 0 fully saturated rings. The number of hydrogen-bond donors (Lipinski definition) is 2. The first-order chi connectivity index (χ1) is 8.58. The maximum absolute atomic E-state index is 12.0. The van der Waals surface area contributed by atoms with E-state index in [-0.39, 0.29) is 17.5 Å². The van der Waals surface area contributed by atoms with Crippen molar-refractivity contribution >= 4 is 11.7 Å². The van der Waals surface area contributed by atoms with Gasteiger partial charge in [-0.15, -0.1) is 0 Å². The number of aryl methyl sites for hydroxylation is 2. The zero-order valence-electron chi connectivity index (χ0n) is 10.1. The van der Waals surface area contributed by atoms with Crippen molar-refractivity contribution in [3.8, 4) is 5.75 Å². The molecule has 0 aliphatic carbocycles. The zero-order valence-corrected chi connectivity index (χ0v) is 10.1. The van der Waals surface area contributed by atoms with Crippen LogP contribution in [0.1, 0.15) is 21.7 Å². The van der Waals surface area contributed by atoms with Gasteiger partial charge in [-0.3, -0.25) is 9.78 Å². The third-order valence-electron chi connectivity index (χ3n) is 2.49. The molecule has 0 atom stereocenters. The molecule has 2 aromatic heterocycles. The maximum Gasteiger partial charge on any atom is 0.258 e. The SMILES string of the molecule is Cc1ccc(C(=O)Nc2ncccc2O)c(C)n1. The average Bonchev–Trinajstić information content (AvgIpc) is 2.32. The Labute approximate surface area is 105 Å². The van der Waals surface area contributed by atoms with Crippen LogP contribution in [-0.4, -0.2) is 21.0 Å². The molecule has 0 radical (unpaired) electrons. The third kappa shape index (κ3) is 2.45. The van der Waals surface area contributed by atoms with Crippen molar-refractivity contribution in [2.75, 3.05) is 5.32 Å². The fourth-order valence-corrected chi connectivity index (χ4v) is 1.59. The summed E-state index contributed by atoms with van der Waals surface area (Å²) >= 11 is 0. The summed E-state index contributed by atoms with van der Waals surface area (Å²) < 4.78 is 0. The second-order valence-corrected chi connectivity index (χ2v) is 3.91. The van der Waals surface area contributed by atoms with E-state index in [1.54, 1.807) is 25.1 Å². The minimum atomic E-state index is -0.339. The standard InChI is InChI=1S/C13H13N3O2/c1-8-5-6-10(9(2)15-8)13(18)16-12-11(17)4-3-7-14-12/h3-7,17H,1-2H3,(H,14,16,18). The molecular weight excluding hydrogens is 230 g/mol.